The Morgan fingerprint density at radius 2 is 2.09 bits per heavy atom. The molecule has 0 saturated carbocycles. The fraction of sp³-hybridized carbons (Fsp3) is 0.154. The topological polar surface area (TPSA) is 113 Å². The number of hydrogen-bond donors (Lipinski definition) is 1. The molecule has 0 aliphatic heterocycles. The van der Waals surface area contributed by atoms with E-state index in [-0.39, 0.29) is 11.6 Å². The van der Waals surface area contributed by atoms with E-state index in [1.54, 1.807) is 0 Å². The number of primary sulfonamides is 1. The van der Waals surface area contributed by atoms with Crippen molar-refractivity contribution in [1.29, 1.82) is 0 Å². The first-order chi connectivity index (χ1) is 10.5. The normalized spacial score (nSPS) is 11.7. The lowest BCUT2D eigenvalue weighted by atomic mass is 10.1. The standard InChI is InChI=1S/C13H13N5O3S/c1-21-13-10(6-9-4-2-3-5-11(9)15-13)7-18-8-12(16-17-18)22(14,19)20/h2-6,8H,7H2,1H3,(H2,14,19,20). The number of rotatable bonds is 4. The van der Waals surface area contributed by atoms with Gasteiger partial charge in [-0.25, -0.2) is 23.2 Å². The lowest BCUT2D eigenvalue weighted by molar-refractivity contribution is 0.392. The predicted octanol–water partition coefficient (Wildman–Crippen LogP) is 0.531. The van der Waals surface area contributed by atoms with Crippen LogP contribution < -0.4 is 9.88 Å². The van der Waals surface area contributed by atoms with E-state index in [4.69, 9.17) is 9.88 Å². The van der Waals surface area contributed by atoms with Crippen LogP contribution in [0.2, 0.25) is 0 Å². The molecule has 0 saturated heterocycles. The molecule has 8 nitrogen and oxygen atoms in total. The molecule has 0 aliphatic rings. The average molecular weight is 319 g/mol. The number of para-hydroxylation sites is 1. The molecule has 0 spiro atoms. The number of methoxy groups -OCH3 is 1. The average Bonchev–Trinajstić information content (AvgIpc) is 2.95. The van der Waals surface area contributed by atoms with Gasteiger partial charge < -0.3 is 4.74 Å². The predicted molar refractivity (Wildman–Crippen MR) is 78.8 cm³/mol. The number of nitrogens with two attached hydrogens (primary N) is 1. The fourth-order valence-electron chi connectivity index (χ4n) is 2.09. The second kappa shape index (κ2) is 5.35. The fourth-order valence-corrected chi connectivity index (χ4v) is 2.51. The van der Waals surface area contributed by atoms with Gasteiger partial charge in [-0.2, -0.15) is 0 Å². The van der Waals surface area contributed by atoms with Gasteiger partial charge in [-0.3, -0.25) is 0 Å². The van der Waals surface area contributed by atoms with Gasteiger partial charge in [-0.15, -0.1) is 5.10 Å². The lowest BCUT2D eigenvalue weighted by Gasteiger charge is -2.09. The van der Waals surface area contributed by atoms with Crippen molar-refractivity contribution in [3.05, 3.63) is 42.1 Å². The molecule has 2 heterocycles. The van der Waals surface area contributed by atoms with Gasteiger partial charge in [-0.05, 0) is 12.1 Å². The van der Waals surface area contributed by atoms with E-state index in [0.29, 0.717) is 5.88 Å². The maximum absolute atomic E-state index is 11.2. The lowest BCUT2D eigenvalue weighted by Crippen LogP contribution is -2.12. The van der Waals surface area contributed by atoms with Crippen molar-refractivity contribution >= 4 is 20.9 Å². The van der Waals surface area contributed by atoms with Crippen LogP contribution in [0.4, 0.5) is 0 Å². The molecule has 2 N–H and O–H groups in total. The first kappa shape index (κ1) is 14.4. The Bertz CT molecular complexity index is 936. The second-order valence-electron chi connectivity index (χ2n) is 4.65. The Morgan fingerprint density at radius 1 is 1.32 bits per heavy atom. The first-order valence-electron chi connectivity index (χ1n) is 6.33. The maximum atomic E-state index is 11.2. The van der Waals surface area contributed by atoms with E-state index in [2.05, 4.69) is 15.3 Å². The van der Waals surface area contributed by atoms with Gasteiger partial charge in [0.25, 0.3) is 10.0 Å². The van der Waals surface area contributed by atoms with Crippen LogP contribution in [0.15, 0.2) is 41.6 Å². The minimum atomic E-state index is -3.87. The van der Waals surface area contributed by atoms with Gasteiger partial charge in [0.2, 0.25) is 10.9 Å². The van der Waals surface area contributed by atoms with Crippen LogP contribution in [0.25, 0.3) is 10.9 Å². The monoisotopic (exact) mass is 319 g/mol. The molecule has 3 rings (SSSR count). The van der Waals surface area contributed by atoms with Crippen molar-refractivity contribution in [1.82, 2.24) is 20.0 Å². The van der Waals surface area contributed by atoms with Gasteiger partial charge in [-0.1, -0.05) is 23.4 Å². The molecular weight excluding hydrogens is 306 g/mol. The molecular formula is C13H13N5O3S. The van der Waals surface area contributed by atoms with Crippen LogP contribution in [-0.4, -0.2) is 35.5 Å². The molecule has 0 aliphatic carbocycles. The molecule has 2 aromatic heterocycles. The van der Waals surface area contributed by atoms with Crippen molar-refractivity contribution in [3.63, 3.8) is 0 Å². The van der Waals surface area contributed by atoms with E-state index in [1.807, 2.05) is 30.3 Å². The molecule has 22 heavy (non-hydrogen) atoms. The third-order valence-electron chi connectivity index (χ3n) is 3.10. The van der Waals surface area contributed by atoms with Crippen molar-refractivity contribution in [3.8, 4) is 5.88 Å². The van der Waals surface area contributed by atoms with E-state index in [1.165, 1.54) is 18.0 Å². The van der Waals surface area contributed by atoms with Gasteiger partial charge in [0.1, 0.15) is 0 Å². The summed E-state index contributed by atoms with van der Waals surface area (Å²) in [4.78, 5) is 4.42. The minimum absolute atomic E-state index is 0.267. The van der Waals surface area contributed by atoms with Crippen LogP contribution >= 0.6 is 0 Å². The number of pyridine rings is 1. The molecule has 9 heteroatoms. The molecule has 114 valence electrons. The van der Waals surface area contributed by atoms with Crippen LogP contribution in [0.1, 0.15) is 5.56 Å². The van der Waals surface area contributed by atoms with Crippen LogP contribution in [0, 0.1) is 0 Å². The zero-order chi connectivity index (χ0) is 15.7. The van der Waals surface area contributed by atoms with Crippen LogP contribution in [-0.2, 0) is 16.6 Å². The zero-order valence-electron chi connectivity index (χ0n) is 11.7. The Morgan fingerprint density at radius 3 is 2.77 bits per heavy atom. The molecule has 0 fully saturated rings. The number of sulfonamides is 1. The maximum Gasteiger partial charge on any atom is 0.259 e. The highest BCUT2D eigenvalue weighted by molar-refractivity contribution is 7.89. The molecule has 1 aromatic carbocycles. The number of hydrogen-bond acceptors (Lipinski definition) is 6. The second-order valence-corrected chi connectivity index (χ2v) is 6.16. The number of ether oxygens (including phenoxy) is 1. The highest BCUT2D eigenvalue weighted by Gasteiger charge is 2.14. The first-order valence-corrected chi connectivity index (χ1v) is 7.87. The highest BCUT2D eigenvalue weighted by Crippen LogP contribution is 2.22. The molecule has 0 bridgehead atoms. The summed E-state index contributed by atoms with van der Waals surface area (Å²) < 4.78 is 29.1. The number of benzene rings is 1. The van der Waals surface area contributed by atoms with Crippen LogP contribution in [0.5, 0.6) is 5.88 Å². The number of fused-ring (bicyclic) bond motifs is 1. The summed E-state index contributed by atoms with van der Waals surface area (Å²) in [5.74, 6) is 0.450. The van der Waals surface area contributed by atoms with Crippen molar-refractivity contribution < 1.29 is 13.2 Å². The van der Waals surface area contributed by atoms with Crippen molar-refractivity contribution in [2.75, 3.05) is 7.11 Å². The minimum Gasteiger partial charge on any atom is -0.481 e. The summed E-state index contributed by atoms with van der Waals surface area (Å²) in [6, 6.07) is 9.54. The van der Waals surface area contributed by atoms with E-state index >= 15 is 0 Å². The van der Waals surface area contributed by atoms with Crippen molar-refractivity contribution in [2.45, 2.75) is 11.6 Å². The van der Waals surface area contributed by atoms with E-state index < -0.39 is 10.0 Å². The Labute approximate surface area is 126 Å². The summed E-state index contributed by atoms with van der Waals surface area (Å²) >= 11 is 0. The Hall–Kier alpha value is -2.52. The number of nitrogens with zero attached hydrogens (tertiary/aromatic N) is 4. The largest absolute Gasteiger partial charge is 0.481 e. The third kappa shape index (κ3) is 2.76. The van der Waals surface area contributed by atoms with Gasteiger partial charge in [0.15, 0.2) is 0 Å². The molecule has 0 atom stereocenters. The van der Waals surface area contributed by atoms with Gasteiger partial charge in [0.05, 0.1) is 25.4 Å². The molecule has 3 aromatic rings. The quantitative estimate of drug-likeness (QED) is 0.750. The zero-order valence-corrected chi connectivity index (χ0v) is 12.5. The van der Waals surface area contributed by atoms with Gasteiger partial charge >= 0.3 is 0 Å². The SMILES string of the molecule is COc1nc2ccccc2cc1Cn1cc(S(N)(=O)=O)nn1. The Kier molecular flexibility index (Phi) is 3.51. The summed E-state index contributed by atoms with van der Waals surface area (Å²) in [6.45, 7) is 0.267. The van der Waals surface area contributed by atoms with E-state index in [9.17, 15) is 8.42 Å². The molecule has 0 amide bonds. The van der Waals surface area contributed by atoms with Crippen LogP contribution in [0.3, 0.4) is 0 Å². The summed E-state index contributed by atoms with van der Waals surface area (Å²) in [5, 5.41) is 13.0. The molecule has 0 radical (unpaired) electrons. The summed E-state index contributed by atoms with van der Waals surface area (Å²) in [5.41, 5.74) is 1.57. The third-order valence-corrected chi connectivity index (χ3v) is 3.87. The summed E-state index contributed by atoms with van der Waals surface area (Å²) in [6.07, 6.45) is 1.27. The summed E-state index contributed by atoms with van der Waals surface area (Å²) in [7, 11) is -2.34. The van der Waals surface area contributed by atoms with E-state index in [0.717, 1.165) is 16.5 Å². The van der Waals surface area contributed by atoms with Gasteiger partial charge in [0, 0.05) is 10.9 Å². The Balaban J connectivity index is 2.01. The molecule has 0 unspecified atom stereocenters. The van der Waals surface area contributed by atoms with Crippen molar-refractivity contribution in [2.24, 2.45) is 5.14 Å². The number of aromatic nitrogens is 4. The highest BCUT2D eigenvalue weighted by atomic mass is 32.2. The smallest absolute Gasteiger partial charge is 0.259 e.